The molecule has 3 N–H and O–H groups in total. The number of nitrogens with two attached hydrogens (primary N) is 1. The third-order valence-electron chi connectivity index (χ3n) is 4.17. The van der Waals surface area contributed by atoms with E-state index in [0.29, 0.717) is 12.5 Å². The second kappa shape index (κ2) is 7.27. The SMILES string of the molecule is NC(=NCCCc1cccc(F)c1)Nc1ccc2c(c1)CCC2. The van der Waals surface area contributed by atoms with Crippen LogP contribution in [0.2, 0.25) is 0 Å². The zero-order chi connectivity index (χ0) is 16.1. The molecule has 0 saturated carbocycles. The lowest BCUT2D eigenvalue weighted by Gasteiger charge is -2.08. The summed E-state index contributed by atoms with van der Waals surface area (Å²) < 4.78 is 13.1. The first kappa shape index (κ1) is 15.5. The molecule has 1 aliphatic rings. The molecular formula is C19H22FN3. The van der Waals surface area contributed by atoms with E-state index < -0.39 is 0 Å². The Hall–Kier alpha value is -2.36. The van der Waals surface area contributed by atoms with Gasteiger partial charge in [0, 0.05) is 12.2 Å². The van der Waals surface area contributed by atoms with Crippen LogP contribution in [0.4, 0.5) is 10.1 Å². The molecule has 2 aromatic carbocycles. The molecule has 0 amide bonds. The molecular weight excluding hydrogens is 289 g/mol. The minimum absolute atomic E-state index is 0.191. The fraction of sp³-hybridized carbons (Fsp3) is 0.316. The normalized spacial score (nSPS) is 13.9. The summed E-state index contributed by atoms with van der Waals surface area (Å²) in [6, 6.07) is 13.1. The zero-order valence-corrected chi connectivity index (χ0v) is 13.2. The summed E-state index contributed by atoms with van der Waals surface area (Å²) in [5.41, 5.74) is 10.8. The van der Waals surface area contributed by atoms with Crippen LogP contribution < -0.4 is 11.1 Å². The molecule has 0 atom stereocenters. The lowest BCUT2D eigenvalue weighted by atomic mass is 10.1. The summed E-state index contributed by atoms with van der Waals surface area (Å²) in [7, 11) is 0. The quantitative estimate of drug-likeness (QED) is 0.503. The Morgan fingerprint density at radius 3 is 2.87 bits per heavy atom. The van der Waals surface area contributed by atoms with Crippen molar-refractivity contribution in [3.8, 4) is 0 Å². The second-order valence-electron chi connectivity index (χ2n) is 5.96. The predicted molar refractivity (Wildman–Crippen MR) is 93.3 cm³/mol. The molecule has 2 aromatic rings. The highest BCUT2D eigenvalue weighted by Crippen LogP contribution is 2.24. The van der Waals surface area contributed by atoms with Crippen LogP contribution in [-0.4, -0.2) is 12.5 Å². The molecule has 0 fully saturated rings. The fourth-order valence-electron chi connectivity index (χ4n) is 3.01. The lowest BCUT2D eigenvalue weighted by molar-refractivity contribution is 0.624. The molecule has 3 nitrogen and oxygen atoms in total. The third kappa shape index (κ3) is 4.31. The average Bonchev–Trinajstić information content (AvgIpc) is 2.99. The first-order valence-electron chi connectivity index (χ1n) is 8.14. The topological polar surface area (TPSA) is 50.4 Å². The molecule has 0 saturated heterocycles. The number of rotatable bonds is 5. The average molecular weight is 311 g/mol. The maximum atomic E-state index is 13.1. The largest absolute Gasteiger partial charge is 0.370 e. The Balaban J connectivity index is 1.48. The van der Waals surface area contributed by atoms with Gasteiger partial charge in [0.25, 0.3) is 0 Å². The van der Waals surface area contributed by atoms with Crippen molar-refractivity contribution in [2.75, 3.05) is 11.9 Å². The van der Waals surface area contributed by atoms with E-state index in [-0.39, 0.29) is 5.82 Å². The smallest absolute Gasteiger partial charge is 0.193 e. The number of aliphatic imine (C=N–C) groups is 1. The number of hydrogen-bond acceptors (Lipinski definition) is 1. The molecule has 0 spiro atoms. The number of hydrogen-bond donors (Lipinski definition) is 2. The first-order valence-corrected chi connectivity index (χ1v) is 8.14. The summed E-state index contributed by atoms with van der Waals surface area (Å²) in [5, 5.41) is 3.15. The van der Waals surface area contributed by atoms with E-state index in [9.17, 15) is 4.39 Å². The van der Waals surface area contributed by atoms with Crippen LogP contribution in [0.1, 0.15) is 29.5 Å². The molecule has 0 bridgehead atoms. The van der Waals surface area contributed by atoms with Gasteiger partial charge >= 0.3 is 0 Å². The standard InChI is InChI=1S/C19H22FN3/c20-17-8-1-4-14(12-17)5-3-11-22-19(21)23-18-10-9-15-6-2-7-16(15)13-18/h1,4,8-10,12-13H,2-3,5-7,11H2,(H3,21,22,23). The Kier molecular flexibility index (Phi) is 4.91. The predicted octanol–water partition coefficient (Wildman–Crippen LogP) is 3.67. The maximum Gasteiger partial charge on any atom is 0.193 e. The summed E-state index contributed by atoms with van der Waals surface area (Å²) in [6.07, 6.45) is 5.21. The molecule has 0 aromatic heterocycles. The van der Waals surface area contributed by atoms with Gasteiger partial charge in [-0.3, -0.25) is 4.99 Å². The van der Waals surface area contributed by atoms with E-state index in [1.54, 1.807) is 12.1 Å². The number of fused-ring (bicyclic) bond motifs is 1. The van der Waals surface area contributed by atoms with E-state index in [4.69, 9.17) is 5.73 Å². The first-order chi connectivity index (χ1) is 11.2. The van der Waals surface area contributed by atoms with E-state index in [0.717, 1.165) is 30.5 Å². The van der Waals surface area contributed by atoms with Gasteiger partial charge in [-0.15, -0.1) is 0 Å². The van der Waals surface area contributed by atoms with Crippen LogP contribution in [0, 0.1) is 5.82 Å². The van der Waals surface area contributed by atoms with E-state index in [1.165, 1.54) is 30.0 Å². The lowest BCUT2D eigenvalue weighted by Crippen LogP contribution is -2.23. The van der Waals surface area contributed by atoms with Gasteiger partial charge in [-0.05, 0) is 73.1 Å². The van der Waals surface area contributed by atoms with Crippen molar-refractivity contribution in [3.63, 3.8) is 0 Å². The number of nitrogens with zero attached hydrogens (tertiary/aromatic N) is 1. The maximum absolute atomic E-state index is 13.1. The number of guanidine groups is 1. The number of aryl methyl sites for hydroxylation is 3. The fourth-order valence-corrected chi connectivity index (χ4v) is 3.01. The third-order valence-corrected chi connectivity index (χ3v) is 4.17. The molecule has 4 heteroatoms. The molecule has 0 unspecified atom stereocenters. The minimum Gasteiger partial charge on any atom is -0.370 e. The van der Waals surface area contributed by atoms with Crippen LogP contribution in [0.25, 0.3) is 0 Å². The Bertz CT molecular complexity index is 710. The van der Waals surface area contributed by atoms with Crippen molar-refractivity contribution in [2.24, 2.45) is 10.7 Å². The molecule has 0 aliphatic heterocycles. The van der Waals surface area contributed by atoms with Crippen molar-refractivity contribution in [3.05, 3.63) is 65.0 Å². The highest BCUT2D eigenvalue weighted by molar-refractivity contribution is 5.92. The molecule has 1 aliphatic carbocycles. The van der Waals surface area contributed by atoms with Gasteiger partial charge in [0.05, 0.1) is 0 Å². The molecule has 0 radical (unpaired) electrons. The van der Waals surface area contributed by atoms with Gasteiger partial charge in [-0.25, -0.2) is 4.39 Å². The van der Waals surface area contributed by atoms with Crippen molar-refractivity contribution >= 4 is 11.6 Å². The van der Waals surface area contributed by atoms with Gasteiger partial charge < -0.3 is 11.1 Å². The molecule has 3 rings (SSSR count). The zero-order valence-electron chi connectivity index (χ0n) is 13.2. The van der Waals surface area contributed by atoms with Crippen LogP contribution >= 0.6 is 0 Å². The highest BCUT2D eigenvalue weighted by Gasteiger charge is 2.10. The summed E-state index contributed by atoms with van der Waals surface area (Å²) in [4.78, 5) is 4.34. The number of anilines is 1. The number of nitrogens with one attached hydrogen (secondary N) is 1. The number of benzene rings is 2. The van der Waals surface area contributed by atoms with Gasteiger partial charge in [0.2, 0.25) is 0 Å². The van der Waals surface area contributed by atoms with Crippen LogP contribution in [0.3, 0.4) is 0 Å². The monoisotopic (exact) mass is 311 g/mol. The highest BCUT2D eigenvalue weighted by atomic mass is 19.1. The van der Waals surface area contributed by atoms with Gasteiger partial charge in [-0.2, -0.15) is 0 Å². The Morgan fingerprint density at radius 2 is 2.00 bits per heavy atom. The van der Waals surface area contributed by atoms with Crippen molar-refractivity contribution in [2.45, 2.75) is 32.1 Å². The van der Waals surface area contributed by atoms with E-state index >= 15 is 0 Å². The van der Waals surface area contributed by atoms with E-state index in [1.807, 2.05) is 6.07 Å². The molecule has 23 heavy (non-hydrogen) atoms. The van der Waals surface area contributed by atoms with Crippen LogP contribution in [-0.2, 0) is 19.3 Å². The van der Waals surface area contributed by atoms with Crippen LogP contribution in [0.15, 0.2) is 47.5 Å². The minimum atomic E-state index is -0.191. The Morgan fingerprint density at radius 1 is 1.13 bits per heavy atom. The van der Waals surface area contributed by atoms with Crippen molar-refractivity contribution in [1.29, 1.82) is 0 Å². The van der Waals surface area contributed by atoms with Gasteiger partial charge in [0.15, 0.2) is 5.96 Å². The second-order valence-corrected chi connectivity index (χ2v) is 5.96. The van der Waals surface area contributed by atoms with Gasteiger partial charge in [0.1, 0.15) is 5.82 Å². The van der Waals surface area contributed by atoms with Gasteiger partial charge in [-0.1, -0.05) is 18.2 Å². The molecule has 120 valence electrons. The molecule has 0 heterocycles. The van der Waals surface area contributed by atoms with E-state index in [2.05, 4.69) is 28.5 Å². The Labute approximate surface area is 136 Å². The van der Waals surface area contributed by atoms with Crippen molar-refractivity contribution in [1.82, 2.24) is 0 Å². The summed E-state index contributed by atoms with van der Waals surface area (Å²) in [6.45, 7) is 0.625. The summed E-state index contributed by atoms with van der Waals surface area (Å²) in [5.74, 6) is 0.242. The van der Waals surface area contributed by atoms with Crippen molar-refractivity contribution < 1.29 is 4.39 Å². The number of halogens is 1. The van der Waals surface area contributed by atoms with Crippen LogP contribution in [0.5, 0.6) is 0 Å². The summed E-state index contributed by atoms with van der Waals surface area (Å²) >= 11 is 0.